The molecule has 0 bridgehead atoms. The summed E-state index contributed by atoms with van der Waals surface area (Å²) >= 11 is 0. The molecule has 0 saturated heterocycles. The molecule has 0 fully saturated rings. The fourth-order valence-corrected chi connectivity index (χ4v) is 3.82. The van der Waals surface area contributed by atoms with E-state index in [2.05, 4.69) is 15.7 Å². The minimum absolute atomic E-state index is 0.0204. The maximum atomic E-state index is 13.2. The Kier molecular flexibility index (Phi) is 7.09. The average Bonchev–Trinajstić information content (AvgIpc) is 3.18. The Morgan fingerprint density at radius 1 is 1.00 bits per heavy atom. The fourth-order valence-electron chi connectivity index (χ4n) is 3.82. The molecule has 10 nitrogen and oxygen atoms in total. The SMILES string of the molecule is CC[C@@H](C)NC(=O)CCn1c(=O)c2ccccc2n2c(=O)n(CC(=O)NCc3ccccc3)nc12. The number of benzene rings is 2. The Bertz CT molecular complexity index is 1490. The number of para-hydroxylation sites is 1. The predicted molar refractivity (Wildman–Crippen MR) is 132 cm³/mol. The number of aryl methyl sites for hydroxylation is 1. The topological polar surface area (TPSA) is 120 Å². The lowest BCUT2D eigenvalue weighted by Crippen LogP contribution is -2.34. The van der Waals surface area contributed by atoms with Gasteiger partial charge in [-0.2, -0.15) is 0 Å². The van der Waals surface area contributed by atoms with Crippen LogP contribution < -0.4 is 21.9 Å². The molecule has 35 heavy (non-hydrogen) atoms. The molecule has 2 N–H and O–H groups in total. The summed E-state index contributed by atoms with van der Waals surface area (Å²) in [6.07, 6.45) is 0.842. The maximum Gasteiger partial charge on any atom is 0.352 e. The number of hydrogen-bond donors (Lipinski definition) is 2. The Labute approximate surface area is 201 Å². The molecular weight excluding hydrogens is 448 g/mol. The molecule has 0 saturated carbocycles. The van der Waals surface area contributed by atoms with Crippen LogP contribution in [-0.2, 0) is 29.2 Å². The zero-order chi connectivity index (χ0) is 24.9. The van der Waals surface area contributed by atoms with Gasteiger partial charge in [-0.3, -0.25) is 19.0 Å². The van der Waals surface area contributed by atoms with Crippen molar-refractivity contribution in [3.05, 3.63) is 81.0 Å². The summed E-state index contributed by atoms with van der Waals surface area (Å²) in [7, 11) is 0. The number of rotatable bonds is 9. The van der Waals surface area contributed by atoms with Gasteiger partial charge in [-0.25, -0.2) is 13.9 Å². The standard InChI is InChI=1S/C25H28N6O4/c1-3-17(2)27-21(32)13-14-29-23(34)19-11-7-8-12-20(19)31-24(29)28-30(25(31)35)16-22(33)26-15-18-9-5-4-6-10-18/h4-12,17H,3,13-16H2,1-2H3,(H,26,33)(H,27,32)/t17-/m1/s1. The molecule has 0 spiro atoms. The Morgan fingerprint density at radius 3 is 2.46 bits per heavy atom. The highest BCUT2D eigenvalue weighted by molar-refractivity contribution is 5.80. The molecule has 0 unspecified atom stereocenters. The third-order valence-electron chi connectivity index (χ3n) is 5.89. The summed E-state index contributed by atoms with van der Waals surface area (Å²) in [5, 5.41) is 10.3. The van der Waals surface area contributed by atoms with E-state index in [4.69, 9.17) is 0 Å². The normalized spacial score (nSPS) is 12.1. The third kappa shape index (κ3) is 5.16. The second-order valence-corrected chi connectivity index (χ2v) is 8.44. The van der Waals surface area contributed by atoms with Gasteiger partial charge in [0.15, 0.2) is 0 Å². The Hall–Kier alpha value is -4.21. The van der Waals surface area contributed by atoms with Crippen LogP contribution in [0.5, 0.6) is 0 Å². The number of carbonyl (C=O) groups excluding carboxylic acids is 2. The van der Waals surface area contributed by atoms with Crippen molar-refractivity contribution in [3.63, 3.8) is 0 Å². The van der Waals surface area contributed by atoms with Gasteiger partial charge in [0.25, 0.3) is 5.56 Å². The zero-order valence-electron chi connectivity index (χ0n) is 19.7. The first-order chi connectivity index (χ1) is 16.9. The van der Waals surface area contributed by atoms with Crippen molar-refractivity contribution in [2.24, 2.45) is 0 Å². The fraction of sp³-hybridized carbons (Fsp3) is 0.320. The lowest BCUT2D eigenvalue weighted by molar-refractivity contribution is -0.122. The third-order valence-corrected chi connectivity index (χ3v) is 5.89. The Balaban J connectivity index is 1.66. The van der Waals surface area contributed by atoms with E-state index in [1.54, 1.807) is 24.3 Å². The van der Waals surface area contributed by atoms with E-state index < -0.39 is 5.69 Å². The van der Waals surface area contributed by atoms with E-state index in [1.165, 1.54) is 8.97 Å². The van der Waals surface area contributed by atoms with Gasteiger partial charge in [0.05, 0.1) is 10.9 Å². The van der Waals surface area contributed by atoms with E-state index in [0.29, 0.717) is 17.4 Å². The van der Waals surface area contributed by atoms with Gasteiger partial charge < -0.3 is 10.6 Å². The van der Waals surface area contributed by atoms with Gasteiger partial charge in [-0.1, -0.05) is 49.4 Å². The zero-order valence-corrected chi connectivity index (χ0v) is 19.7. The van der Waals surface area contributed by atoms with Crippen molar-refractivity contribution in [2.45, 2.75) is 52.4 Å². The first kappa shape index (κ1) is 23.9. The molecule has 1 atom stereocenters. The van der Waals surface area contributed by atoms with Gasteiger partial charge in [-0.15, -0.1) is 5.10 Å². The van der Waals surface area contributed by atoms with E-state index >= 15 is 0 Å². The molecule has 2 heterocycles. The number of aromatic nitrogens is 4. The summed E-state index contributed by atoms with van der Waals surface area (Å²) in [6.45, 7) is 3.94. The van der Waals surface area contributed by atoms with Crippen LogP contribution in [0.2, 0.25) is 0 Å². The molecule has 10 heteroatoms. The molecule has 4 rings (SSSR count). The van der Waals surface area contributed by atoms with Crippen molar-refractivity contribution in [1.82, 2.24) is 29.4 Å². The number of nitrogens with zero attached hydrogens (tertiary/aromatic N) is 4. The number of nitrogens with one attached hydrogen (secondary N) is 2. The molecule has 2 aromatic carbocycles. The molecule has 2 amide bonds. The number of fused-ring (bicyclic) bond motifs is 3. The van der Waals surface area contributed by atoms with Crippen molar-refractivity contribution < 1.29 is 9.59 Å². The van der Waals surface area contributed by atoms with Gasteiger partial charge in [0.1, 0.15) is 6.54 Å². The summed E-state index contributed by atoms with van der Waals surface area (Å²) in [5.41, 5.74) is 0.437. The number of amides is 2. The lowest BCUT2D eigenvalue weighted by Gasteiger charge is -2.12. The highest BCUT2D eigenvalue weighted by Crippen LogP contribution is 2.11. The second kappa shape index (κ2) is 10.4. The smallest absolute Gasteiger partial charge is 0.352 e. The predicted octanol–water partition coefficient (Wildman–Crippen LogP) is 1.43. The van der Waals surface area contributed by atoms with Crippen LogP contribution in [0.15, 0.2) is 64.2 Å². The van der Waals surface area contributed by atoms with Crippen LogP contribution in [-0.4, -0.2) is 36.6 Å². The van der Waals surface area contributed by atoms with E-state index in [0.717, 1.165) is 16.7 Å². The van der Waals surface area contributed by atoms with Crippen molar-refractivity contribution >= 4 is 28.5 Å². The molecule has 4 aromatic rings. The molecule has 0 aliphatic heterocycles. The maximum absolute atomic E-state index is 13.2. The van der Waals surface area contributed by atoms with Crippen LogP contribution in [0.4, 0.5) is 0 Å². The monoisotopic (exact) mass is 476 g/mol. The first-order valence-corrected chi connectivity index (χ1v) is 11.6. The van der Waals surface area contributed by atoms with Crippen molar-refractivity contribution in [2.75, 3.05) is 0 Å². The molecule has 2 aromatic heterocycles. The minimum atomic E-state index is -0.538. The summed E-state index contributed by atoms with van der Waals surface area (Å²) in [6, 6.07) is 16.2. The average molecular weight is 477 g/mol. The highest BCUT2D eigenvalue weighted by Gasteiger charge is 2.19. The molecule has 0 aliphatic rings. The van der Waals surface area contributed by atoms with Crippen molar-refractivity contribution in [1.29, 1.82) is 0 Å². The van der Waals surface area contributed by atoms with Crippen LogP contribution >= 0.6 is 0 Å². The van der Waals surface area contributed by atoms with Crippen LogP contribution in [0, 0.1) is 0 Å². The number of carbonyl (C=O) groups is 2. The van der Waals surface area contributed by atoms with E-state index in [-0.39, 0.29) is 48.7 Å². The van der Waals surface area contributed by atoms with Crippen LogP contribution in [0.25, 0.3) is 16.7 Å². The number of hydrogen-bond acceptors (Lipinski definition) is 5. The van der Waals surface area contributed by atoms with Gasteiger partial charge in [0, 0.05) is 25.6 Å². The van der Waals surface area contributed by atoms with Crippen LogP contribution in [0.1, 0.15) is 32.3 Å². The first-order valence-electron chi connectivity index (χ1n) is 11.6. The van der Waals surface area contributed by atoms with E-state index in [9.17, 15) is 19.2 Å². The lowest BCUT2D eigenvalue weighted by atomic mass is 10.2. The quantitative estimate of drug-likeness (QED) is 0.379. The van der Waals surface area contributed by atoms with Gasteiger partial charge in [-0.05, 0) is 31.0 Å². The summed E-state index contributed by atoms with van der Waals surface area (Å²) in [5.74, 6) is -0.490. The summed E-state index contributed by atoms with van der Waals surface area (Å²) in [4.78, 5) is 51.3. The summed E-state index contributed by atoms with van der Waals surface area (Å²) < 4.78 is 3.67. The van der Waals surface area contributed by atoms with E-state index in [1.807, 2.05) is 44.2 Å². The molecule has 0 radical (unpaired) electrons. The minimum Gasteiger partial charge on any atom is -0.354 e. The van der Waals surface area contributed by atoms with Crippen molar-refractivity contribution in [3.8, 4) is 0 Å². The highest BCUT2D eigenvalue weighted by atomic mass is 16.2. The van der Waals surface area contributed by atoms with Gasteiger partial charge >= 0.3 is 5.69 Å². The Morgan fingerprint density at radius 2 is 1.71 bits per heavy atom. The van der Waals surface area contributed by atoms with Crippen LogP contribution in [0.3, 0.4) is 0 Å². The molecular formula is C25H28N6O4. The molecule has 182 valence electrons. The van der Waals surface area contributed by atoms with Gasteiger partial charge in [0.2, 0.25) is 17.6 Å². The molecule has 0 aliphatic carbocycles. The second-order valence-electron chi connectivity index (χ2n) is 8.44. The largest absolute Gasteiger partial charge is 0.354 e.